The highest BCUT2D eigenvalue weighted by molar-refractivity contribution is 7.99. The lowest BCUT2D eigenvalue weighted by atomic mass is 9.97. The number of thioether (sulfide) groups is 1. The van der Waals surface area contributed by atoms with Gasteiger partial charge in [0, 0.05) is 25.6 Å². The average molecular weight is 505 g/mol. The molecule has 2 fully saturated rings. The second-order valence-corrected chi connectivity index (χ2v) is 10.4. The van der Waals surface area contributed by atoms with Gasteiger partial charge in [0.15, 0.2) is 11.0 Å². The summed E-state index contributed by atoms with van der Waals surface area (Å²) in [5.74, 6) is 1.95. The largest absolute Gasteiger partial charge is 0.416 e. The fourth-order valence-corrected chi connectivity index (χ4v) is 5.88. The predicted octanol–water partition coefficient (Wildman–Crippen LogP) is 5.68. The molecule has 0 bridgehead atoms. The average Bonchev–Trinajstić information content (AvgIpc) is 3.18. The third-order valence-electron chi connectivity index (χ3n) is 7.01. The summed E-state index contributed by atoms with van der Waals surface area (Å²) < 4.78 is 40.5. The summed E-state index contributed by atoms with van der Waals surface area (Å²) in [6.45, 7) is 10.4. The van der Waals surface area contributed by atoms with Crippen molar-refractivity contribution in [1.82, 2.24) is 19.7 Å². The lowest BCUT2D eigenvalue weighted by molar-refractivity contribution is -0.137. The predicted molar refractivity (Wildman–Crippen MR) is 135 cm³/mol. The number of halogens is 3. The molecule has 1 saturated carbocycles. The summed E-state index contributed by atoms with van der Waals surface area (Å²) in [4.78, 5) is 10.9. The number of hydrogen-bond donors (Lipinski definition) is 0. The molecule has 1 aromatic heterocycles. The molecular formula is C25H31F3N6S. The van der Waals surface area contributed by atoms with Gasteiger partial charge in [-0.3, -0.25) is 9.98 Å². The number of benzene rings is 1. The van der Waals surface area contributed by atoms with Crippen LogP contribution in [0.5, 0.6) is 0 Å². The molecular weight excluding hydrogens is 473 g/mol. The van der Waals surface area contributed by atoms with E-state index < -0.39 is 11.7 Å². The minimum atomic E-state index is -4.28. The monoisotopic (exact) mass is 504 g/mol. The number of aromatic nitrogens is 3. The number of rotatable bonds is 9. The molecule has 2 heterocycles. The number of alkyl halides is 3. The first kappa shape index (κ1) is 25.6. The summed E-state index contributed by atoms with van der Waals surface area (Å²) in [6.07, 6.45) is 0.637. The molecule has 1 saturated heterocycles. The third-order valence-corrected chi connectivity index (χ3v) is 8.12. The zero-order chi connectivity index (χ0) is 25.2. The molecule has 2 aromatic rings. The second kappa shape index (κ2) is 10.3. The standard InChI is InChI=1S/C25H31F3N6S/c1-5-30-17(2)21(29-3)22-31-32-23(33(22)4)35-14-6-12-34-13-11-24(16-34)15-20(24)18-7-9-19(10-8-18)25(26,27)28/h5,7-10,20H,3,6,11-16H2,1-2,4H3/b21-17-,30-5?/t20-,24+/m1/s1. The van der Waals surface area contributed by atoms with Crippen LogP contribution >= 0.6 is 11.8 Å². The maximum absolute atomic E-state index is 12.8. The Morgan fingerprint density at radius 3 is 2.69 bits per heavy atom. The molecule has 2 atom stereocenters. The zero-order valence-electron chi connectivity index (χ0n) is 20.3. The van der Waals surface area contributed by atoms with Crippen LogP contribution in [0.15, 0.2) is 45.1 Å². The van der Waals surface area contributed by atoms with Crippen LogP contribution in [0.25, 0.3) is 5.70 Å². The van der Waals surface area contributed by atoms with Crippen molar-refractivity contribution in [3.63, 3.8) is 0 Å². The normalized spacial score (nSPS) is 23.3. The Morgan fingerprint density at radius 2 is 2.03 bits per heavy atom. The smallest absolute Gasteiger partial charge is 0.304 e. The van der Waals surface area contributed by atoms with Crippen LogP contribution in [0, 0.1) is 5.41 Å². The molecule has 0 amide bonds. The summed E-state index contributed by atoms with van der Waals surface area (Å²) in [7, 11) is 1.92. The number of allylic oxidation sites excluding steroid dienone is 1. The molecule has 1 spiro atoms. The highest BCUT2D eigenvalue weighted by Gasteiger charge is 2.57. The molecule has 0 radical (unpaired) electrons. The van der Waals surface area contributed by atoms with E-state index in [1.165, 1.54) is 12.1 Å². The second-order valence-electron chi connectivity index (χ2n) is 9.31. The maximum Gasteiger partial charge on any atom is 0.416 e. The van der Waals surface area contributed by atoms with Crippen molar-refractivity contribution < 1.29 is 13.2 Å². The fraction of sp³-hybridized carbons (Fsp3) is 0.520. The molecule has 0 N–H and O–H groups in total. The van der Waals surface area contributed by atoms with Crippen molar-refractivity contribution in [3.05, 3.63) is 46.9 Å². The first-order chi connectivity index (χ1) is 16.7. The van der Waals surface area contributed by atoms with E-state index in [0.717, 1.165) is 61.1 Å². The van der Waals surface area contributed by atoms with Gasteiger partial charge in [-0.1, -0.05) is 23.9 Å². The van der Waals surface area contributed by atoms with Crippen molar-refractivity contribution in [2.75, 3.05) is 25.4 Å². The Kier molecular flexibility index (Phi) is 7.51. The van der Waals surface area contributed by atoms with Crippen molar-refractivity contribution in [2.24, 2.45) is 22.4 Å². The lowest BCUT2D eigenvalue weighted by Gasteiger charge is -2.16. The van der Waals surface area contributed by atoms with Crippen LogP contribution in [-0.4, -0.2) is 58.0 Å². The third kappa shape index (κ3) is 5.53. The Bertz CT molecular complexity index is 1120. The van der Waals surface area contributed by atoms with Crippen LogP contribution in [0.1, 0.15) is 56.0 Å². The van der Waals surface area contributed by atoms with Gasteiger partial charge >= 0.3 is 6.18 Å². The van der Waals surface area contributed by atoms with Crippen LogP contribution in [0.2, 0.25) is 0 Å². The topological polar surface area (TPSA) is 58.7 Å². The summed E-state index contributed by atoms with van der Waals surface area (Å²) in [5.41, 5.74) is 2.07. The Labute approximate surface area is 208 Å². The van der Waals surface area contributed by atoms with Gasteiger partial charge in [-0.05, 0) is 81.9 Å². The van der Waals surface area contributed by atoms with Crippen molar-refractivity contribution in [1.29, 1.82) is 0 Å². The van der Waals surface area contributed by atoms with E-state index in [0.29, 0.717) is 17.4 Å². The van der Waals surface area contributed by atoms with E-state index in [-0.39, 0.29) is 5.41 Å². The zero-order valence-corrected chi connectivity index (χ0v) is 21.2. The van der Waals surface area contributed by atoms with Crippen molar-refractivity contribution in [2.45, 2.75) is 50.4 Å². The minimum Gasteiger partial charge on any atom is -0.304 e. The van der Waals surface area contributed by atoms with E-state index in [1.54, 1.807) is 30.1 Å². The van der Waals surface area contributed by atoms with Crippen LogP contribution < -0.4 is 0 Å². The fourth-order valence-electron chi connectivity index (χ4n) is 5.05. The van der Waals surface area contributed by atoms with Gasteiger partial charge in [0.25, 0.3) is 0 Å². The van der Waals surface area contributed by atoms with E-state index in [9.17, 15) is 13.2 Å². The van der Waals surface area contributed by atoms with Gasteiger partial charge in [0.1, 0.15) is 5.70 Å². The first-order valence-electron chi connectivity index (χ1n) is 11.8. The molecule has 188 valence electrons. The highest BCUT2D eigenvalue weighted by atomic mass is 32.2. The van der Waals surface area contributed by atoms with E-state index in [4.69, 9.17) is 0 Å². The summed E-state index contributed by atoms with van der Waals surface area (Å²) >= 11 is 1.67. The number of nitrogens with zero attached hydrogens (tertiary/aromatic N) is 6. The quantitative estimate of drug-likeness (QED) is 0.251. The number of hydrogen-bond acceptors (Lipinski definition) is 6. The molecule has 2 aliphatic rings. The molecule has 10 heteroatoms. The number of likely N-dealkylation sites (tertiary alicyclic amines) is 1. The first-order valence-corrected chi connectivity index (χ1v) is 12.8. The Hall–Kier alpha value is -2.46. The van der Waals surface area contributed by atoms with Crippen molar-refractivity contribution in [3.8, 4) is 0 Å². The summed E-state index contributed by atoms with van der Waals surface area (Å²) in [6, 6.07) is 5.75. The number of aliphatic imine (C=N–C) groups is 2. The lowest BCUT2D eigenvalue weighted by Crippen LogP contribution is -2.23. The molecule has 35 heavy (non-hydrogen) atoms. The van der Waals surface area contributed by atoms with Crippen LogP contribution in [0.3, 0.4) is 0 Å². The summed E-state index contributed by atoms with van der Waals surface area (Å²) in [5, 5.41) is 9.43. The van der Waals surface area contributed by atoms with Gasteiger partial charge in [0.2, 0.25) is 0 Å². The van der Waals surface area contributed by atoms with Gasteiger partial charge in [0.05, 0.1) is 11.3 Å². The van der Waals surface area contributed by atoms with E-state index in [1.807, 2.05) is 25.5 Å². The van der Waals surface area contributed by atoms with Crippen molar-refractivity contribution >= 4 is 30.4 Å². The molecule has 1 aliphatic carbocycles. The molecule has 1 aliphatic heterocycles. The molecule has 0 unspecified atom stereocenters. The van der Waals surface area contributed by atoms with E-state index in [2.05, 4.69) is 31.8 Å². The SMILES string of the molecule is C=N/C(=C(/C)N=CC)c1nnc(SCCCN2CC[C@]3(C[C@@H]3c3ccc(C(F)(F)F)cc3)C2)n1C. The van der Waals surface area contributed by atoms with Gasteiger partial charge in [-0.25, -0.2) is 0 Å². The molecule has 6 nitrogen and oxygen atoms in total. The van der Waals surface area contributed by atoms with Gasteiger partial charge in [-0.2, -0.15) is 13.2 Å². The highest BCUT2D eigenvalue weighted by Crippen LogP contribution is 2.64. The van der Waals surface area contributed by atoms with Crippen LogP contribution in [0.4, 0.5) is 13.2 Å². The van der Waals surface area contributed by atoms with Gasteiger partial charge < -0.3 is 9.47 Å². The molecule has 1 aromatic carbocycles. The van der Waals surface area contributed by atoms with Gasteiger partial charge in [-0.15, -0.1) is 10.2 Å². The van der Waals surface area contributed by atoms with E-state index >= 15 is 0 Å². The minimum absolute atomic E-state index is 0.241. The van der Waals surface area contributed by atoms with Crippen LogP contribution in [-0.2, 0) is 13.2 Å². The Morgan fingerprint density at radius 1 is 1.29 bits per heavy atom. The Balaban J connectivity index is 1.25. The molecule has 4 rings (SSSR count). The maximum atomic E-state index is 12.8.